The van der Waals surface area contributed by atoms with Crippen LogP contribution < -0.4 is 5.32 Å². The lowest BCUT2D eigenvalue weighted by molar-refractivity contribution is -0.122. The van der Waals surface area contributed by atoms with Gasteiger partial charge in [-0.15, -0.1) is 0 Å². The first kappa shape index (κ1) is 14.8. The van der Waals surface area contributed by atoms with E-state index in [1.54, 1.807) is 4.68 Å². The number of carbonyl (C=O) groups excluding carboxylic acids is 1. The molecule has 0 saturated heterocycles. The summed E-state index contributed by atoms with van der Waals surface area (Å²) in [6, 6.07) is 10.2. The number of fused-ring (bicyclic) bond motifs is 1. The first-order chi connectivity index (χ1) is 10.6. The topological polar surface area (TPSA) is 56.2 Å². The highest BCUT2D eigenvalue weighted by Gasteiger charge is 2.21. The van der Waals surface area contributed by atoms with Crippen molar-refractivity contribution in [3.05, 3.63) is 52.8 Å². The maximum atomic E-state index is 12.1. The van der Waals surface area contributed by atoms with E-state index in [-0.39, 0.29) is 18.6 Å². The van der Waals surface area contributed by atoms with Gasteiger partial charge in [-0.05, 0) is 37.5 Å². The number of hydrogen-bond acceptors (Lipinski definition) is 3. The minimum atomic E-state index is -0.0608. The van der Waals surface area contributed by atoms with Crippen molar-refractivity contribution in [2.24, 2.45) is 0 Å². The lowest BCUT2D eigenvalue weighted by Crippen LogP contribution is -2.34. The second kappa shape index (κ2) is 6.32. The van der Waals surface area contributed by atoms with Crippen molar-refractivity contribution >= 4 is 5.91 Å². The van der Waals surface area contributed by atoms with Crippen molar-refractivity contribution in [1.29, 1.82) is 0 Å². The summed E-state index contributed by atoms with van der Waals surface area (Å²) >= 11 is 0. The van der Waals surface area contributed by atoms with E-state index in [0.717, 1.165) is 17.8 Å². The minimum Gasteiger partial charge on any atom is -0.371 e. The quantitative estimate of drug-likeness (QED) is 0.938. The van der Waals surface area contributed by atoms with Crippen molar-refractivity contribution in [2.75, 3.05) is 13.2 Å². The average Bonchev–Trinajstić information content (AvgIpc) is 2.82. The van der Waals surface area contributed by atoms with E-state index in [2.05, 4.69) is 22.5 Å². The Hall–Kier alpha value is -2.14. The van der Waals surface area contributed by atoms with Crippen LogP contribution in [-0.2, 0) is 22.5 Å². The van der Waals surface area contributed by atoms with Gasteiger partial charge in [0.1, 0.15) is 12.6 Å². The smallest absolute Gasteiger partial charge is 0.241 e. The molecule has 0 bridgehead atoms. The summed E-state index contributed by atoms with van der Waals surface area (Å²) in [5.41, 5.74) is 4.41. The summed E-state index contributed by atoms with van der Waals surface area (Å²) < 4.78 is 7.52. The van der Waals surface area contributed by atoms with Crippen LogP contribution in [0.15, 0.2) is 30.3 Å². The Kier molecular flexibility index (Phi) is 4.24. The fraction of sp³-hybridized carbons (Fsp3) is 0.412. The van der Waals surface area contributed by atoms with E-state index in [1.807, 2.05) is 32.0 Å². The SMILES string of the molecule is Cc1cc(C)n(CC(=O)NCC2OCCc3ccccc32)n1. The summed E-state index contributed by atoms with van der Waals surface area (Å²) in [6.07, 6.45) is 0.876. The van der Waals surface area contributed by atoms with Crippen LogP contribution in [0.25, 0.3) is 0 Å². The molecular weight excluding hydrogens is 278 g/mol. The molecule has 1 atom stereocenters. The Morgan fingerprint density at radius 1 is 1.41 bits per heavy atom. The number of nitrogens with one attached hydrogen (secondary N) is 1. The van der Waals surface area contributed by atoms with E-state index in [9.17, 15) is 4.79 Å². The lowest BCUT2D eigenvalue weighted by Gasteiger charge is -2.26. The maximum absolute atomic E-state index is 12.1. The monoisotopic (exact) mass is 299 g/mol. The zero-order valence-corrected chi connectivity index (χ0v) is 13.0. The second-order valence-corrected chi connectivity index (χ2v) is 5.70. The number of benzene rings is 1. The standard InChI is InChI=1S/C17H21N3O2/c1-12-9-13(2)20(19-12)11-17(21)18-10-16-15-6-4-3-5-14(15)7-8-22-16/h3-6,9,16H,7-8,10-11H2,1-2H3,(H,18,21). The van der Waals surface area contributed by atoms with Crippen LogP contribution in [0.4, 0.5) is 0 Å². The fourth-order valence-electron chi connectivity index (χ4n) is 2.88. The van der Waals surface area contributed by atoms with Crippen LogP contribution in [-0.4, -0.2) is 28.8 Å². The number of hydrogen-bond donors (Lipinski definition) is 1. The van der Waals surface area contributed by atoms with E-state index in [4.69, 9.17) is 4.74 Å². The van der Waals surface area contributed by atoms with Crippen LogP contribution in [0.2, 0.25) is 0 Å². The summed E-state index contributed by atoms with van der Waals surface area (Å²) in [5, 5.41) is 7.26. The zero-order chi connectivity index (χ0) is 15.5. The highest BCUT2D eigenvalue weighted by molar-refractivity contribution is 5.75. The molecule has 116 valence electrons. The molecule has 2 heterocycles. The number of ether oxygens (including phenoxy) is 1. The Bertz CT molecular complexity index is 678. The molecule has 0 saturated carbocycles. The molecule has 1 aliphatic rings. The maximum Gasteiger partial charge on any atom is 0.241 e. The molecular formula is C17H21N3O2. The van der Waals surface area contributed by atoms with Gasteiger partial charge in [0.15, 0.2) is 0 Å². The molecule has 1 amide bonds. The molecule has 0 radical (unpaired) electrons. The normalized spacial score (nSPS) is 17.1. The summed E-state index contributed by atoms with van der Waals surface area (Å²) in [5.74, 6) is -0.0437. The van der Waals surface area contributed by atoms with Crippen LogP contribution in [0, 0.1) is 13.8 Å². The summed E-state index contributed by atoms with van der Waals surface area (Å²) in [7, 11) is 0. The number of aryl methyl sites for hydroxylation is 2. The van der Waals surface area contributed by atoms with E-state index < -0.39 is 0 Å². The van der Waals surface area contributed by atoms with Crippen molar-refractivity contribution in [1.82, 2.24) is 15.1 Å². The molecule has 22 heavy (non-hydrogen) atoms. The third-order valence-electron chi connectivity index (χ3n) is 3.97. The van der Waals surface area contributed by atoms with Gasteiger partial charge < -0.3 is 10.1 Å². The lowest BCUT2D eigenvalue weighted by atomic mass is 9.97. The molecule has 1 aromatic carbocycles. The van der Waals surface area contributed by atoms with Gasteiger partial charge >= 0.3 is 0 Å². The number of amides is 1. The number of nitrogens with zero attached hydrogens (tertiary/aromatic N) is 2. The molecule has 5 heteroatoms. The molecule has 3 rings (SSSR count). The van der Waals surface area contributed by atoms with Crippen LogP contribution in [0.5, 0.6) is 0 Å². The Balaban J connectivity index is 1.59. The average molecular weight is 299 g/mol. The van der Waals surface area contributed by atoms with Crippen LogP contribution in [0.1, 0.15) is 28.6 Å². The van der Waals surface area contributed by atoms with Crippen molar-refractivity contribution < 1.29 is 9.53 Å². The van der Waals surface area contributed by atoms with Crippen molar-refractivity contribution in [2.45, 2.75) is 32.9 Å². The Labute approximate surface area is 130 Å². The zero-order valence-electron chi connectivity index (χ0n) is 13.0. The van der Waals surface area contributed by atoms with Gasteiger partial charge in [-0.25, -0.2) is 0 Å². The third kappa shape index (κ3) is 3.20. The first-order valence-electron chi connectivity index (χ1n) is 7.60. The number of carbonyl (C=O) groups is 1. The van der Waals surface area contributed by atoms with Crippen molar-refractivity contribution in [3.8, 4) is 0 Å². The van der Waals surface area contributed by atoms with Gasteiger partial charge in [-0.3, -0.25) is 9.48 Å². The van der Waals surface area contributed by atoms with Crippen LogP contribution >= 0.6 is 0 Å². The van der Waals surface area contributed by atoms with Crippen molar-refractivity contribution in [3.63, 3.8) is 0 Å². The molecule has 0 aliphatic carbocycles. The highest BCUT2D eigenvalue weighted by Crippen LogP contribution is 2.26. The molecule has 2 aromatic rings. The Morgan fingerprint density at radius 2 is 2.23 bits per heavy atom. The second-order valence-electron chi connectivity index (χ2n) is 5.70. The van der Waals surface area contributed by atoms with Gasteiger partial charge in [-0.2, -0.15) is 5.10 Å². The van der Waals surface area contributed by atoms with Gasteiger partial charge in [0.25, 0.3) is 0 Å². The molecule has 5 nitrogen and oxygen atoms in total. The van der Waals surface area contributed by atoms with Gasteiger partial charge in [0.05, 0.1) is 12.3 Å². The molecule has 1 unspecified atom stereocenters. The fourth-order valence-corrected chi connectivity index (χ4v) is 2.88. The number of aromatic nitrogens is 2. The summed E-state index contributed by atoms with van der Waals surface area (Å²) in [6.45, 7) is 5.32. The molecule has 1 aliphatic heterocycles. The minimum absolute atomic E-state index is 0.0437. The highest BCUT2D eigenvalue weighted by atomic mass is 16.5. The molecule has 0 fully saturated rings. The van der Waals surface area contributed by atoms with E-state index in [1.165, 1.54) is 11.1 Å². The van der Waals surface area contributed by atoms with Crippen LogP contribution in [0.3, 0.4) is 0 Å². The largest absolute Gasteiger partial charge is 0.371 e. The Morgan fingerprint density at radius 3 is 3.00 bits per heavy atom. The van der Waals surface area contributed by atoms with Gasteiger partial charge in [0, 0.05) is 12.2 Å². The van der Waals surface area contributed by atoms with Gasteiger partial charge in [-0.1, -0.05) is 24.3 Å². The third-order valence-corrected chi connectivity index (χ3v) is 3.97. The predicted molar refractivity (Wildman–Crippen MR) is 83.5 cm³/mol. The van der Waals surface area contributed by atoms with E-state index >= 15 is 0 Å². The molecule has 0 spiro atoms. The summed E-state index contributed by atoms with van der Waals surface area (Å²) in [4.78, 5) is 12.1. The van der Waals surface area contributed by atoms with E-state index in [0.29, 0.717) is 13.2 Å². The first-order valence-corrected chi connectivity index (χ1v) is 7.60. The van der Waals surface area contributed by atoms with Gasteiger partial charge in [0.2, 0.25) is 5.91 Å². The molecule has 1 N–H and O–H groups in total. The molecule has 1 aromatic heterocycles. The predicted octanol–water partition coefficient (Wildman–Crippen LogP) is 1.93. The number of rotatable bonds is 4.